The molecule has 0 aliphatic heterocycles. The van der Waals surface area contributed by atoms with Crippen molar-refractivity contribution in [2.75, 3.05) is 14.1 Å². The standard InChI is InChI=1S/C8H20N2/c1-6(2)8(9)7(3)10(4)5/h6-8H,9H2,1-5H3. The lowest BCUT2D eigenvalue weighted by atomic mass is 9.98. The molecular formula is C8H20N2. The zero-order valence-corrected chi connectivity index (χ0v) is 7.76. The van der Waals surface area contributed by atoms with E-state index in [1.54, 1.807) is 0 Å². The molecule has 0 saturated heterocycles. The third-order valence-electron chi connectivity index (χ3n) is 2.14. The van der Waals surface area contributed by atoms with Crippen molar-refractivity contribution >= 4 is 0 Å². The van der Waals surface area contributed by atoms with Crippen molar-refractivity contribution in [2.24, 2.45) is 11.7 Å². The minimum absolute atomic E-state index is 0.287. The minimum Gasteiger partial charge on any atom is -0.326 e. The van der Waals surface area contributed by atoms with Crippen LogP contribution in [0.15, 0.2) is 0 Å². The number of hydrogen-bond acceptors (Lipinski definition) is 2. The first-order valence-electron chi connectivity index (χ1n) is 3.88. The van der Waals surface area contributed by atoms with Gasteiger partial charge in [0.25, 0.3) is 0 Å². The van der Waals surface area contributed by atoms with E-state index < -0.39 is 0 Å². The average Bonchev–Trinajstić information content (AvgIpc) is 1.84. The van der Waals surface area contributed by atoms with Gasteiger partial charge in [0.1, 0.15) is 0 Å². The Bertz CT molecular complexity index is 77.3. The Labute approximate surface area is 64.4 Å². The van der Waals surface area contributed by atoms with Gasteiger partial charge in [0.2, 0.25) is 0 Å². The summed E-state index contributed by atoms with van der Waals surface area (Å²) in [6, 6.07) is 0.759. The quantitative estimate of drug-likeness (QED) is 0.638. The summed E-state index contributed by atoms with van der Waals surface area (Å²) in [5, 5.41) is 0. The van der Waals surface area contributed by atoms with Crippen LogP contribution in [0.2, 0.25) is 0 Å². The van der Waals surface area contributed by atoms with E-state index in [4.69, 9.17) is 5.73 Å². The molecule has 2 nitrogen and oxygen atoms in total. The Balaban J connectivity index is 3.81. The molecule has 62 valence electrons. The van der Waals surface area contributed by atoms with Crippen LogP contribution in [-0.4, -0.2) is 31.1 Å². The summed E-state index contributed by atoms with van der Waals surface area (Å²) in [7, 11) is 4.12. The molecule has 10 heavy (non-hydrogen) atoms. The van der Waals surface area contributed by atoms with Gasteiger partial charge in [-0.25, -0.2) is 0 Å². The Morgan fingerprint density at radius 2 is 1.50 bits per heavy atom. The molecular weight excluding hydrogens is 124 g/mol. The Kier molecular flexibility index (Phi) is 3.91. The number of nitrogens with zero attached hydrogens (tertiary/aromatic N) is 1. The largest absolute Gasteiger partial charge is 0.326 e. The summed E-state index contributed by atoms with van der Waals surface area (Å²) in [6.45, 7) is 6.47. The van der Waals surface area contributed by atoms with Crippen molar-refractivity contribution in [3.8, 4) is 0 Å². The van der Waals surface area contributed by atoms with Crippen molar-refractivity contribution in [3.05, 3.63) is 0 Å². The van der Waals surface area contributed by atoms with Crippen molar-refractivity contribution in [3.63, 3.8) is 0 Å². The fraction of sp³-hybridized carbons (Fsp3) is 1.00. The van der Waals surface area contributed by atoms with Gasteiger partial charge < -0.3 is 10.6 Å². The van der Waals surface area contributed by atoms with E-state index in [0.29, 0.717) is 12.0 Å². The first kappa shape index (κ1) is 9.92. The van der Waals surface area contributed by atoms with Crippen molar-refractivity contribution < 1.29 is 0 Å². The van der Waals surface area contributed by atoms with E-state index in [1.165, 1.54) is 0 Å². The number of nitrogens with two attached hydrogens (primary N) is 1. The molecule has 0 aromatic carbocycles. The molecule has 0 rings (SSSR count). The summed E-state index contributed by atoms with van der Waals surface area (Å²) >= 11 is 0. The lowest BCUT2D eigenvalue weighted by Crippen LogP contribution is -2.45. The normalized spacial score (nSPS) is 18.0. The van der Waals surface area contributed by atoms with Crippen molar-refractivity contribution in [1.82, 2.24) is 4.90 Å². The zero-order valence-electron chi connectivity index (χ0n) is 7.76. The Morgan fingerprint density at radius 3 is 1.60 bits per heavy atom. The van der Waals surface area contributed by atoms with Crippen LogP contribution in [0.1, 0.15) is 20.8 Å². The topological polar surface area (TPSA) is 29.3 Å². The predicted octanol–water partition coefficient (Wildman–Crippen LogP) is 0.920. The van der Waals surface area contributed by atoms with Gasteiger partial charge in [-0.3, -0.25) is 0 Å². The molecule has 0 spiro atoms. The molecule has 2 N–H and O–H groups in total. The number of rotatable bonds is 3. The molecule has 0 aromatic rings. The van der Waals surface area contributed by atoms with Crippen LogP contribution >= 0.6 is 0 Å². The van der Waals surface area contributed by atoms with Gasteiger partial charge >= 0.3 is 0 Å². The van der Waals surface area contributed by atoms with Crippen LogP contribution < -0.4 is 5.73 Å². The van der Waals surface area contributed by atoms with Gasteiger partial charge in [-0.05, 0) is 26.9 Å². The van der Waals surface area contributed by atoms with Crippen LogP contribution in [0.25, 0.3) is 0 Å². The van der Waals surface area contributed by atoms with Gasteiger partial charge in [0.15, 0.2) is 0 Å². The van der Waals surface area contributed by atoms with Crippen LogP contribution in [0.3, 0.4) is 0 Å². The van der Waals surface area contributed by atoms with E-state index in [2.05, 4.69) is 39.8 Å². The molecule has 0 radical (unpaired) electrons. The third kappa shape index (κ3) is 2.67. The smallest absolute Gasteiger partial charge is 0.0217 e. The second-order valence-corrected chi connectivity index (χ2v) is 3.53. The van der Waals surface area contributed by atoms with Gasteiger partial charge in [-0.2, -0.15) is 0 Å². The van der Waals surface area contributed by atoms with Gasteiger partial charge in [-0.1, -0.05) is 13.8 Å². The molecule has 0 amide bonds. The predicted molar refractivity (Wildman–Crippen MR) is 46.0 cm³/mol. The molecule has 2 heteroatoms. The maximum atomic E-state index is 5.92. The van der Waals surface area contributed by atoms with Crippen LogP contribution in [-0.2, 0) is 0 Å². The SMILES string of the molecule is CC(C)C(N)C(C)N(C)C. The monoisotopic (exact) mass is 144 g/mol. The van der Waals surface area contributed by atoms with Gasteiger partial charge in [0, 0.05) is 12.1 Å². The fourth-order valence-corrected chi connectivity index (χ4v) is 0.901. The number of likely N-dealkylation sites (N-methyl/N-ethyl adjacent to an activating group) is 1. The molecule has 2 atom stereocenters. The Morgan fingerprint density at radius 1 is 1.10 bits per heavy atom. The summed E-state index contributed by atoms with van der Waals surface area (Å²) in [5.74, 6) is 0.567. The third-order valence-corrected chi connectivity index (χ3v) is 2.14. The van der Waals surface area contributed by atoms with Crippen molar-refractivity contribution in [1.29, 1.82) is 0 Å². The van der Waals surface area contributed by atoms with Crippen molar-refractivity contribution in [2.45, 2.75) is 32.9 Å². The highest BCUT2D eigenvalue weighted by atomic mass is 15.1. The van der Waals surface area contributed by atoms with Crippen LogP contribution in [0.4, 0.5) is 0 Å². The maximum Gasteiger partial charge on any atom is 0.0217 e. The first-order valence-corrected chi connectivity index (χ1v) is 3.88. The molecule has 0 aromatic heterocycles. The lowest BCUT2D eigenvalue weighted by molar-refractivity contribution is 0.240. The molecule has 0 saturated carbocycles. The number of hydrogen-bond donors (Lipinski definition) is 1. The second-order valence-electron chi connectivity index (χ2n) is 3.53. The van der Waals surface area contributed by atoms with Crippen LogP contribution in [0.5, 0.6) is 0 Å². The molecule has 2 unspecified atom stereocenters. The first-order chi connectivity index (χ1) is 4.46. The lowest BCUT2D eigenvalue weighted by Gasteiger charge is -2.28. The summed E-state index contributed by atoms with van der Waals surface area (Å²) in [5.41, 5.74) is 5.92. The highest BCUT2D eigenvalue weighted by Crippen LogP contribution is 2.06. The van der Waals surface area contributed by atoms with Gasteiger partial charge in [-0.15, -0.1) is 0 Å². The molecule has 0 heterocycles. The Hall–Kier alpha value is -0.0800. The summed E-state index contributed by atoms with van der Waals surface area (Å²) in [6.07, 6.45) is 0. The van der Waals surface area contributed by atoms with Crippen LogP contribution in [0, 0.1) is 5.92 Å². The molecule has 0 aliphatic carbocycles. The second kappa shape index (κ2) is 3.94. The van der Waals surface area contributed by atoms with Gasteiger partial charge in [0.05, 0.1) is 0 Å². The summed E-state index contributed by atoms with van der Waals surface area (Å²) < 4.78 is 0. The maximum absolute atomic E-state index is 5.92. The highest BCUT2D eigenvalue weighted by molar-refractivity contribution is 4.77. The zero-order chi connectivity index (χ0) is 8.31. The minimum atomic E-state index is 0.287. The van der Waals surface area contributed by atoms with E-state index in [0.717, 1.165) is 0 Å². The summed E-state index contributed by atoms with van der Waals surface area (Å²) in [4.78, 5) is 2.16. The molecule has 0 bridgehead atoms. The van der Waals surface area contributed by atoms with E-state index in [1.807, 2.05) is 0 Å². The highest BCUT2D eigenvalue weighted by Gasteiger charge is 2.17. The van der Waals surface area contributed by atoms with E-state index in [-0.39, 0.29) is 6.04 Å². The fourth-order valence-electron chi connectivity index (χ4n) is 0.901. The average molecular weight is 144 g/mol. The van der Waals surface area contributed by atoms with E-state index >= 15 is 0 Å². The molecule has 0 aliphatic rings. The molecule has 0 fully saturated rings. The van der Waals surface area contributed by atoms with E-state index in [9.17, 15) is 0 Å².